The van der Waals surface area contributed by atoms with Gasteiger partial charge >= 0.3 is 0 Å². The first-order chi connectivity index (χ1) is 16.0. The van der Waals surface area contributed by atoms with Crippen molar-refractivity contribution in [1.29, 1.82) is 0 Å². The Morgan fingerprint density at radius 1 is 0.848 bits per heavy atom. The molecule has 0 unspecified atom stereocenters. The van der Waals surface area contributed by atoms with Gasteiger partial charge in [-0.05, 0) is 56.9 Å². The lowest BCUT2D eigenvalue weighted by Gasteiger charge is -2.24. The molecular weight excluding hydrogens is 478 g/mol. The Bertz CT molecular complexity index is 1470. The highest BCUT2D eigenvalue weighted by Gasteiger charge is 2.24. The van der Waals surface area contributed by atoms with Gasteiger partial charge in [-0.3, -0.25) is 4.79 Å². The molecule has 1 heterocycles. The molecule has 0 aliphatic carbocycles. The summed E-state index contributed by atoms with van der Waals surface area (Å²) in [6.45, 7) is 2.72. The van der Waals surface area contributed by atoms with Crippen LogP contribution in [0.2, 0.25) is 0 Å². The molecular formula is C28H22BrNO3. The Labute approximate surface area is 200 Å². The van der Waals surface area contributed by atoms with Crippen LogP contribution in [0.25, 0.3) is 21.7 Å². The fraction of sp³-hybridized carbons (Fsp3) is 0.107. The van der Waals surface area contributed by atoms with Crippen LogP contribution in [-0.2, 0) is 13.1 Å². The first kappa shape index (κ1) is 21.3. The van der Waals surface area contributed by atoms with E-state index in [1.165, 1.54) is 0 Å². The molecule has 0 saturated heterocycles. The van der Waals surface area contributed by atoms with Crippen LogP contribution in [0.3, 0.4) is 0 Å². The monoisotopic (exact) mass is 499 g/mol. The number of hydrogen-bond acceptors (Lipinski definition) is 3. The molecule has 5 heteroatoms. The first-order valence-corrected chi connectivity index (χ1v) is 11.5. The lowest BCUT2D eigenvalue weighted by molar-refractivity contribution is 0.0730. The molecule has 1 N–H and O–H groups in total. The van der Waals surface area contributed by atoms with Crippen molar-refractivity contribution >= 4 is 43.6 Å². The Hall–Kier alpha value is -3.57. The predicted molar refractivity (Wildman–Crippen MR) is 134 cm³/mol. The van der Waals surface area contributed by atoms with Crippen LogP contribution in [0.1, 0.15) is 27.2 Å². The average molecular weight is 500 g/mol. The lowest BCUT2D eigenvalue weighted by Crippen LogP contribution is -2.30. The lowest BCUT2D eigenvalue weighted by atomic mass is 10.0. The topological polar surface area (TPSA) is 53.7 Å². The molecule has 0 bridgehead atoms. The second-order valence-electron chi connectivity index (χ2n) is 8.09. The van der Waals surface area contributed by atoms with Crippen molar-refractivity contribution in [2.45, 2.75) is 20.0 Å². The van der Waals surface area contributed by atoms with E-state index < -0.39 is 0 Å². The van der Waals surface area contributed by atoms with E-state index in [1.807, 2.05) is 90.7 Å². The number of aryl methyl sites for hydroxylation is 1. The third kappa shape index (κ3) is 4.00. The first-order valence-electron chi connectivity index (χ1n) is 10.7. The molecule has 5 rings (SSSR count). The van der Waals surface area contributed by atoms with Crippen molar-refractivity contribution in [3.05, 3.63) is 112 Å². The number of aromatic hydroxyl groups is 1. The number of nitrogens with zero attached hydrogens (tertiary/aromatic N) is 1. The van der Waals surface area contributed by atoms with E-state index >= 15 is 0 Å². The van der Waals surface area contributed by atoms with Crippen molar-refractivity contribution in [1.82, 2.24) is 4.90 Å². The van der Waals surface area contributed by atoms with Gasteiger partial charge in [-0.25, -0.2) is 0 Å². The van der Waals surface area contributed by atoms with Gasteiger partial charge in [-0.2, -0.15) is 0 Å². The number of carbonyl (C=O) groups is 1. The summed E-state index contributed by atoms with van der Waals surface area (Å²) in [5.41, 5.74) is 3.36. The standard InChI is InChI=1S/C28H22BrNO3/c1-18-26(23-11-5-6-13-25(23)33-18)28(32)30(16-19-8-3-2-4-9-19)17-20-10-7-12-22-21(20)14-15-24(31)27(22)29/h2-15,31H,16-17H2,1H3. The van der Waals surface area contributed by atoms with E-state index in [-0.39, 0.29) is 11.7 Å². The molecule has 0 radical (unpaired) electrons. The minimum atomic E-state index is -0.0730. The predicted octanol–water partition coefficient (Wildman–Crippen LogP) is 7.21. The van der Waals surface area contributed by atoms with Crippen molar-refractivity contribution < 1.29 is 14.3 Å². The molecule has 5 aromatic rings. The summed E-state index contributed by atoms with van der Waals surface area (Å²) >= 11 is 3.49. The second kappa shape index (κ2) is 8.75. The maximum absolute atomic E-state index is 13.9. The zero-order chi connectivity index (χ0) is 22.9. The minimum absolute atomic E-state index is 0.0730. The number of rotatable bonds is 5. The van der Waals surface area contributed by atoms with Gasteiger partial charge in [-0.1, -0.05) is 72.8 Å². The van der Waals surface area contributed by atoms with Crippen LogP contribution in [-0.4, -0.2) is 15.9 Å². The van der Waals surface area contributed by atoms with Crippen LogP contribution in [0.15, 0.2) is 93.8 Å². The summed E-state index contributed by atoms with van der Waals surface area (Å²) in [6.07, 6.45) is 0. The van der Waals surface area contributed by atoms with Crippen LogP contribution in [0.4, 0.5) is 0 Å². The van der Waals surface area contributed by atoms with E-state index in [0.29, 0.717) is 34.5 Å². The normalized spacial score (nSPS) is 11.2. The number of phenolic OH excluding ortho intramolecular Hbond substituents is 1. The third-order valence-electron chi connectivity index (χ3n) is 5.92. The largest absolute Gasteiger partial charge is 0.507 e. The third-order valence-corrected chi connectivity index (χ3v) is 6.75. The van der Waals surface area contributed by atoms with Gasteiger partial charge in [0.2, 0.25) is 0 Å². The molecule has 0 saturated carbocycles. The molecule has 1 amide bonds. The maximum Gasteiger partial charge on any atom is 0.258 e. The van der Waals surface area contributed by atoms with Gasteiger partial charge in [0.25, 0.3) is 5.91 Å². The molecule has 33 heavy (non-hydrogen) atoms. The van der Waals surface area contributed by atoms with Gasteiger partial charge < -0.3 is 14.4 Å². The number of carbonyl (C=O) groups excluding carboxylic acids is 1. The summed E-state index contributed by atoms with van der Waals surface area (Å²) in [4.78, 5) is 15.8. The van der Waals surface area contributed by atoms with E-state index in [2.05, 4.69) is 15.9 Å². The van der Waals surface area contributed by atoms with Gasteiger partial charge in [0.15, 0.2) is 0 Å². The second-order valence-corrected chi connectivity index (χ2v) is 8.88. The van der Waals surface area contributed by atoms with Gasteiger partial charge in [0.05, 0.1) is 10.0 Å². The van der Waals surface area contributed by atoms with Gasteiger partial charge in [0.1, 0.15) is 17.1 Å². The summed E-state index contributed by atoms with van der Waals surface area (Å²) in [7, 11) is 0. The number of fused-ring (bicyclic) bond motifs is 2. The fourth-order valence-corrected chi connectivity index (χ4v) is 4.79. The van der Waals surface area contributed by atoms with Gasteiger partial charge in [-0.15, -0.1) is 0 Å². The molecule has 0 aliphatic heterocycles. The van der Waals surface area contributed by atoms with E-state index in [1.54, 1.807) is 6.07 Å². The highest BCUT2D eigenvalue weighted by molar-refractivity contribution is 9.10. The van der Waals surface area contributed by atoms with Crippen molar-refractivity contribution in [2.75, 3.05) is 0 Å². The fourth-order valence-electron chi connectivity index (χ4n) is 4.31. The molecule has 164 valence electrons. The van der Waals surface area contributed by atoms with Crippen LogP contribution in [0, 0.1) is 6.92 Å². The van der Waals surface area contributed by atoms with E-state index in [0.717, 1.165) is 27.3 Å². The highest BCUT2D eigenvalue weighted by Crippen LogP contribution is 2.35. The summed E-state index contributed by atoms with van der Waals surface area (Å²) < 4.78 is 6.54. The summed E-state index contributed by atoms with van der Waals surface area (Å²) in [5, 5.41) is 12.8. The van der Waals surface area contributed by atoms with Gasteiger partial charge in [0, 0.05) is 18.5 Å². The molecule has 1 aromatic heterocycles. The molecule has 4 aromatic carbocycles. The smallest absolute Gasteiger partial charge is 0.258 e. The Balaban J connectivity index is 1.60. The Morgan fingerprint density at radius 2 is 1.58 bits per heavy atom. The van der Waals surface area contributed by atoms with E-state index in [9.17, 15) is 9.90 Å². The zero-order valence-corrected chi connectivity index (χ0v) is 19.7. The average Bonchev–Trinajstić information content (AvgIpc) is 3.17. The minimum Gasteiger partial charge on any atom is -0.507 e. The molecule has 0 spiro atoms. The molecule has 0 aliphatic rings. The summed E-state index contributed by atoms with van der Waals surface area (Å²) in [5.74, 6) is 0.735. The zero-order valence-electron chi connectivity index (χ0n) is 18.1. The number of halogens is 1. The van der Waals surface area contributed by atoms with E-state index in [4.69, 9.17) is 4.42 Å². The molecule has 0 atom stereocenters. The van der Waals surface area contributed by atoms with Crippen molar-refractivity contribution in [3.8, 4) is 5.75 Å². The van der Waals surface area contributed by atoms with Crippen LogP contribution >= 0.6 is 15.9 Å². The number of benzene rings is 4. The maximum atomic E-state index is 13.9. The summed E-state index contributed by atoms with van der Waals surface area (Å²) in [6, 6.07) is 27.1. The number of phenols is 1. The molecule has 0 fully saturated rings. The van der Waals surface area contributed by atoms with Crippen molar-refractivity contribution in [3.63, 3.8) is 0 Å². The van der Waals surface area contributed by atoms with Crippen LogP contribution in [0.5, 0.6) is 5.75 Å². The number of hydrogen-bond donors (Lipinski definition) is 1. The number of amides is 1. The molecule has 4 nitrogen and oxygen atoms in total. The quantitative estimate of drug-likeness (QED) is 0.278. The Morgan fingerprint density at radius 3 is 2.39 bits per heavy atom. The SMILES string of the molecule is Cc1oc2ccccc2c1C(=O)N(Cc1ccccc1)Cc1cccc2c(Br)c(O)ccc12. The number of para-hydroxylation sites is 1. The highest BCUT2D eigenvalue weighted by atomic mass is 79.9. The number of furan rings is 1. The van der Waals surface area contributed by atoms with Crippen LogP contribution < -0.4 is 0 Å². The Kier molecular flexibility index (Phi) is 5.65. The van der Waals surface area contributed by atoms with Crippen molar-refractivity contribution in [2.24, 2.45) is 0 Å².